The van der Waals surface area contributed by atoms with Gasteiger partial charge >= 0.3 is 0 Å². The Balaban J connectivity index is 0.0000000994. The molecule has 4 N–H and O–H groups in total. The number of rotatable bonds is 0. The van der Waals surface area contributed by atoms with Crippen molar-refractivity contribution >= 4 is 64.8 Å². The van der Waals surface area contributed by atoms with Crippen molar-refractivity contribution < 1.29 is 34.7 Å². The highest BCUT2D eigenvalue weighted by Gasteiger charge is 2.59. The SMILES string of the molecule is CC1CC2(C1)CS(=O)(=O)C2.CC1CC2(C1)CS(=O)C2.CC1CC2(CNC2)C1.CC1CC2(COC2)C1.CC1CC2(CSC2)C1.CN1CC2(C1)CS(=O)(=O)C2.CN1CC2(C1)CS(=O)C2.CN1CC2(CCC2)C1.CN1CC2(CNC2)C1.CN1CC2(COC2)C1.CN1CC2(CSC2)C1.CN1CCC12CCC2.CN1CCC12CCN2.CN1CCC12CNC2. The van der Waals surface area contributed by atoms with Crippen LogP contribution in [0.4, 0.5) is 0 Å². The first-order valence-corrected chi connectivity index (χ1v) is 56.1. The van der Waals surface area contributed by atoms with Gasteiger partial charge in [0.1, 0.15) is 0 Å². The predicted molar refractivity (Wildman–Crippen MR) is 492 cm³/mol. The van der Waals surface area contributed by atoms with E-state index in [0.717, 1.165) is 138 Å². The second-order valence-electron chi connectivity index (χ2n) is 47.8. The molecule has 0 radical (unpaired) electrons. The molecule has 28 fully saturated rings. The molecule has 0 bridgehead atoms. The Labute approximate surface area is 731 Å². The van der Waals surface area contributed by atoms with Crippen LogP contribution in [0.25, 0.3) is 0 Å². The molecule has 1 atom stereocenters. The number of thioether (sulfide) groups is 2. The van der Waals surface area contributed by atoms with E-state index in [1.807, 2.05) is 7.05 Å². The second-order valence-corrected chi connectivity index (χ2v) is 56.8. The Bertz CT molecular complexity index is 3110. The first-order valence-electron chi connectivity index (χ1n) is 47.1. The Morgan fingerprint density at radius 1 is 0.322 bits per heavy atom. The molecule has 118 heavy (non-hydrogen) atoms. The van der Waals surface area contributed by atoms with Gasteiger partial charge in [0.2, 0.25) is 0 Å². The maximum atomic E-state index is 10.8. The fraction of sp³-hybridized carbons (Fsp3) is 1.00. The third kappa shape index (κ3) is 21.2. The lowest BCUT2D eigenvalue weighted by molar-refractivity contribution is -0.182. The van der Waals surface area contributed by atoms with E-state index in [2.05, 4.69) is 180 Å². The Morgan fingerprint density at radius 2 is 0.653 bits per heavy atom. The summed E-state index contributed by atoms with van der Waals surface area (Å²) in [5, 5.41) is 13.3. The van der Waals surface area contributed by atoms with E-state index in [1.165, 1.54) is 269 Å². The molecule has 28 aliphatic rings. The van der Waals surface area contributed by atoms with Crippen LogP contribution in [0.3, 0.4) is 0 Å². The van der Waals surface area contributed by atoms with Crippen molar-refractivity contribution in [3.05, 3.63) is 0 Å². The number of likely N-dealkylation sites (N-methyl/N-ethyl adjacent to an activating group) is 1. The molecule has 28 rings (SSSR count). The van der Waals surface area contributed by atoms with Gasteiger partial charge in [0.15, 0.2) is 19.7 Å². The Kier molecular flexibility index (Phi) is 28.3. The van der Waals surface area contributed by atoms with Crippen LogP contribution in [0, 0.1) is 89.2 Å². The van der Waals surface area contributed by atoms with Gasteiger partial charge in [0.25, 0.3) is 0 Å². The molecule has 27 heteroatoms. The summed E-state index contributed by atoms with van der Waals surface area (Å²) in [5.41, 5.74) is 8.77. The number of hydrogen-bond acceptors (Lipinski definition) is 23. The molecule has 21 heterocycles. The third-order valence-electron chi connectivity index (χ3n) is 34.0. The van der Waals surface area contributed by atoms with Gasteiger partial charge in [0.05, 0.1) is 55.1 Å². The molecule has 0 amide bonds. The molecule has 14 spiro atoms. The fourth-order valence-electron chi connectivity index (χ4n) is 27.4. The summed E-state index contributed by atoms with van der Waals surface area (Å²) < 4.78 is 74.8. The van der Waals surface area contributed by atoms with E-state index in [-0.39, 0.29) is 10.8 Å². The molecule has 680 valence electrons. The summed E-state index contributed by atoms with van der Waals surface area (Å²) in [6.07, 6.45) is 28.4. The second kappa shape index (κ2) is 35.9. The van der Waals surface area contributed by atoms with Crippen LogP contribution in [-0.4, -0.2) is 389 Å². The van der Waals surface area contributed by atoms with Crippen molar-refractivity contribution in [3.63, 3.8) is 0 Å². The quantitative estimate of drug-likeness (QED) is 0.183. The van der Waals surface area contributed by atoms with Crippen LogP contribution in [0.1, 0.15) is 163 Å². The number of ether oxygens (including phenoxy) is 2. The zero-order chi connectivity index (χ0) is 83.9. The summed E-state index contributed by atoms with van der Waals surface area (Å²) >= 11 is 4.22. The molecule has 0 aromatic heterocycles. The van der Waals surface area contributed by atoms with Crippen LogP contribution < -0.4 is 21.3 Å². The first-order chi connectivity index (χ1) is 55.6. The highest BCUT2D eigenvalue weighted by Crippen LogP contribution is 2.57. The molecule has 21 saturated heterocycles. The number of sulfone groups is 2. The zero-order valence-corrected chi connectivity index (χ0v) is 81.5. The Morgan fingerprint density at radius 3 is 0.814 bits per heavy atom. The van der Waals surface area contributed by atoms with Gasteiger partial charge < -0.3 is 59.7 Å². The standard InChI is InChI=1S/3C7H13N.C7H12O2S.C7H12OS.C7H12O.C7H12S.3C6H12N2.C6H11NO2S.C6H11NOS.C6H11NO.C6H11NS/c1-6-2-7(3-6)4-8-5-7;1-8-5-7(6-8)3-2-4-7;1-8-6-5-7(8)3-2-4-7;1-6-2-7(3-6)4-10(8,9)5-7;1-6-2-7(3-6)4-9(8)5-7;2*1-6-2-7(3-6)4-8-5-7;1-8-4-6(5-8)2-7-3-6;1-8-5-3-6(8)2-4-7-6;1-8-3-2-6(8)4-7-5-6;1-7-2-6(3-7)4-10(8,9)5-6;1-7-2-6(3-7)4-9(8)5-6;2*1-7-2-6(3-7)4-8-5-6/h6,8H,2-5H2,1H3;2*2-6H2,1H3;6H,2-5H2,1H3;6H,2-5H2,1H3;2*6H,2-5H2,1H3;3*7H,2-5H2,1H3;2-5H2,1H3;2-5H2,1H3;2*2-5H2,1H3. The van der Waals surface area contributed by atoms with Crippen LogP contribution >= 0.6 is 23.5 Å². The minimum Gasteiger partial charge on any atom is -0.380 e. The third-order valence-corrected chi connectivity index (χ3v) is 45.2. The van der Waals surface area contributed by atoms with E-state index < -0.39 is 41.3 Å². The van der Waals surface area contributed by atoms with E-state index in [1.54, 1.807) is 0 Å². The minimum atomic E-state index is -2.60. The summed E-state index contributed by atoms with van der Waals surface area (Å²) in [6, 6.07) is 0. The molecule has 21 nitrogen and oxygen atoms in total. The molecule has 21 aliphatic heterocycles. The largest absolute Gasteiger partial charge is 0.380 e. The maximum Gasteiger partial charge on any atom is 0.151 e. The highest BCUT2D eigenvalue weighted by atomic mass is 32.2. The topological polar surface area (TPSA) is 198 Å². The van der Waals surface area contributed by atoms with Crippen LogP contribution in [0.5, 0.6) is 0 Å². The van der Waals surface area contributed by atoms with Crippen LogP contribution in [0.2, 0.25) is 0 Å². The maximum absolute atomic E-state index is 10.8. The van der Waals surface area contributed by atoms with E-state index in [9.17, 15) is 25.3 Å². The average molecular weight is 1760 g/mol. The zero-order valence-electron chi connectivity index (χ0n) is 76.6. The van der Waals surface area contributed by atoms with Crippen molar-refractivity contribution in [3.8, 4) is 0 Å². The van der Waals surface area contributed by atoms with E-state index in [4.69, 9.17) is 9.47 Å². The molecule has 0 aromatic carbocycles. The smallest absolute Gasteiger partial charge is 0.151 e. The van der Waals surface area contributed by atoms with Gasteiger partial charge in [-0.25, -0.2) is 16.8 Å². The van der Waals surface area contributed by atoms with E-state index >= 15 is 0 Å². The molecule has 1 unspecified atom stereocenters. The van der Waals surface area contributed by atoms with Gasteiger partial charge in [-0.3, -0.25) is 23.5 Å². The first kappa shape index (κ1) is 93.0. The van der Waals surface area contributed by atoms with Crippen LogP contribution in [-0.2, 0) is 50.7 Å². The van der Waals surface area contributed by atoms with Crippen LogP contribution in [0.15, 0.2) is 0 Å². The summed E-state index contributed by atoms with van der Waals surface area (Å²) in [6.45, 7) is 43.3. The van der Waals surface area contributed by atoms with Gasteiger partial charge in [-0.2, -0.15) is 23.5 Å². The van der Waals surface area contributed by atoms with Gasteiger partial charge in [-0.1, -0.05) is 41.0 Å². The van der Waals surface area contributed by atoms with Gasteiger partial charge in [-0.05, 0) is 260 Å². The number of hydrogen-bond donors (Lipinski definition) is 4. The van der Waals surface area contributed by atoms with Crippen molar-refractivity contribution in [1.29, 1.82) is 0 Å². The van der Waals surface area contributed by atoms with E-state index in [0.29, 0.717) is 55.9 Å². The minimum absolute atomic E-state index is 0.188. The number of nitrogens with zero attached hydrogens (tertiary/aromatic N) is 9. The lowest BCUT2D eigenvalue weighted by Crippen LogP contribution is -2.74. The molecule has 0 aromatic rings. The molecule has 7 aliphatic carbocycles. The van der Waals surface area contributed by atoms with Crippen molar-refractivity contribution in [2.75, 3.05) is 303 Å². The summed E-state index contributed by atoms with van der Waals surface area (Å²) in [5.74, 6) is 16.3. The van der Waals surface area contributed by atoms with Crippen molar-refractivity contribution in [2.24, 2.45) is 89.2 Å². The number of likely N-dealkylation sites (tertiary alicyclic amines) is 9. The number of nitrogens with one attached hydrogen (secondary N) is 4. The summed E-state index contributed by atoms with van der Waals surface area (Å²) in [4.78, 5) is 21.3. The molecule has 7 saturated carbocycles. The monoisotopic (exact) mass is 1760 g/mol. The van der Waals surface area contributed by atoms with Gasteiger partial charge in [0, 0.05) is 237 Å². The lowest BCUT2D eigenvalue weighted by Gasteiger charge is -2.57. The average Bonchev–Trinajstić information content (AvgIpc) is 0.727. The highest BCUT2D eigenvalue weighted by molar-refractivity contribution is 8.01. The normalized spacial score (nSPS) is 36.8. The fourth-order valence-corrected chi connectivity index (χ4v) is 37.6. The molecular weight excluding hydrogens is 1600 g/mol. The van der Waals surface area contributed by atoms with Crippen molar-refractivity contribution in [1.82, 2.24) is 65.4 Å². The lowest BCUT2D eigenvalue weighted by atomic mass is 9.59. The van der Waals surface area contributed by atoms with Gasteiger partial charge in [-0.15, -0.1) is 0 Å². The Hall–Kier alpha value is 0.300. The van der Waals surface area contributed by atoms with Crippen molar-refractivity contribution in [2.45, 2.75) is 180 Å². The summed E-state index contributed by atoms with van der Waals surface area (Å²) in [7, 11) is 13.5. The molecular formula is C91H167N13O8S6. The predicted octanol–water partition coefficient (Wildman–Crippen LogP) is 7.77.